The van der Waals surface area contributed by atoms with Gasteiger partial charge in [0.2, 0.25) is 0 Å². The first-order chi connectivity index (χ1) is 9.75. The molecule has 0 bridgehead atoms. The Bertz CT molecular complexity index is 654. The standard InChI is InChI=1S/C13H11ClF4N2O/c1-2-20-11(9(14)6-19-20)12(21)8-5-7(13(16,17)18)3-4-10(8)15/h3-6,12,21H,2H2,1H3. The summed E-state index contributed by atoms with van der Waals surface area (Å²) in [5.41, 5.74) is -1.49. The van der Waals surface area contributed by atoms with Gasteiger partial charge in [0, 0.05) is 12.1 Å². The lowest BCUT2D eigenvalue weighted by atomic mass is 10.0. The Kier molecular flexibility index (Phi) is 4.25. The molecule has 1 heterocycles. The van der Waals surface area contributed by atoms with Crippen molar-refractivity contribution < 1.29 is 22.7 Å². The Morgan fingerprint density at radius 3 is 2.62 bits per heavy atom. The molecule has 0 aliphatic rings. The Morgan fingerprint density at radius 1 is 1.38 bits per heavy atom. The van der Waals surface area contributed by atoms with Crippen molar-refractivity contribution in [2.24, 2.45) is 0 Å². The minimum absolute atomic E-state index is 0.0531. The van der Waals surface area contributed by atoms with Crippen molar-refractivity contribution in [2.75, 3.05) is 0 Å². The number of alkyl halides is 3. The van der Waals surface area contributed by atoms with E-state index in [4.69, 9.17) is 11.6 Å². The van der Waals surface area contributed by atoms with Crippen LogP contribution in [0.25, 0.3) is 0 Å². The number of hydrogen-bond acceptors (Lipinski definition) is 2. The number of rotatable bonds is 3. The summed E-state index contributed by atoms with van der Waals surface area (Å²) in [7, 11) is 0. The molecule has 1 N–H and O–H groups in total. The highest BCUT2D eigenvalue weighted by Crippen LogP contribution is 2.35. The van der Waals surface area contributed by atoms with Gasteiger partial charge in [-0.05, 0) is 25.1 Å². The van der Waals surface area contributed by atoms with Crippen molar-refractivity contribution in [3.05, 3.63) is 52.1 Å². The predicted molar refractivity (Wildman–Crippen MR) is 68.4 cm³/mol. The number of halogens is 5. The quantitative estimate of drug-likeness (QED) is 0.873. The summed E-state index contributed by atoms with van der Waals surface area (Å²) >= 11 is 5.86. The maximum atomic E-state index is 13.8. The molecule has 3 nitrogen and oxygen atoms in total. The molecule has 0 saturated heterocycles. The van der Waals surface area contributed by atoms with Crippen molar-refractivity contribution in [3.8, 4) is 0 Å². The molecule has 21 heavy (non-hydrogen) atoms. The molecule has 1 atom stereocenters. The molecule has 0 radical (unpaired) electrons. The molecule has 0 saturated carbocycles. The Morgan fingerprint density at radius 2 is 2.05 bits per heavy atom. The zero-order valence-corrected chi connectivity index (χ0v) is 11.6. The van der Waals surface area contributed by atoms with Crippen LogP contribution in [0.4, 0.5) is 17.6 Å². The van der Waals surface area contributed by atoms with Crippen LogP contribution < -0.4 is 0 Å². The summed E-state index contributed by atoms with van der Waals surface area (Å²) in [5, 5.41) is 14.1. The van der Waals surface area contributed by atoms with Gasteiger partial charge in [0.15, 0.2) is 0 Å². The van der Waals surface area contributed by atoms with Crippen LogP contribution in [-0.4, -0.2) is 14.9 Å². The van der Waals surface area contributed by atoms with Crippen LogP contribution in [0.15, 0.2) is 24.4 Å². The highest BCUT2D eigenvalue weighted by atomic mass is 35.5. The SMILES string of the molecule is CCn1ncc(Cl)c1C(O)c1cc(C(F)(F)F)ccc1F. The van der Waals surface area contributed by atoms with Gasteiger partial charge in [0.1, 0.15) is 11.9 Å². The molecule has 0 aliphatic carbocycles. The monoisotopic (exact) mass is 322 g/mol. The lowest BCUT2D eigenvalue weighted by Crippen LogP contribution is -2.13. The van der Waals surface area contributed by atoms with Gasteiger partial charge >= 0.3 is 6.18 Å². The maximum Gasteiger partial charge on any atom is 0.416 e. The highest BCUT2D eigenvalue weighted by molar-refractivity contribution is 6.31. The van der Waals surface area contributed by atoms with Gasteiger partial charge in [-0.25, -0.2) is 4.39 Å². The maximum absolute atomic E-state index is 13.8. The van der Waals surface area contributed by atoms with Crippen LogP contribution in [0.5, 0.6) is 0 Å². The normalized spacial score (nSPS) is 13.5. The van der Waals surface area contributed by atoms with Gasteiger partial charge in [-0.15, -0.1) is 0 Å². The van der Waals surface area contributed by atoms with E-state index < -0.39 is 29.2 Å². The number of aromatic nitrogens is 2. The van der Waals surface area contributed by atoms with Gasteiger partial charge in [-0.1, -0.05) is 11.6 Å². The molecule has 2 rings (SSSR count). The van der Waals surface area contributed by atoms with Crippen LogP contribution in [-0.2, 0) is 12.7 Å². The summed E-state index contributed by atoms with van der Waals surface area (Å²) in [4.78, 5) is 0. The third kappa shape index (κ3) is 3.03. The minimum Gasteiger partial charge on any atom is -0.382 e. The molecule has 0 spiro atoms. The van der Waals surface area contributed by atoms with Crippen molar-refractivity contribution >= 4 is 11.6 Å². The van der Waals surface area contributed by atoms with E-state index in [0.717, 1.165) is 0 Å². The summed E-state index contributed by atoms with van der Waals surface area (Å²) < 4.78 is 53.1. The number of aliphatic hydroxyl groups excluding tert-OH is 1. The van der Waals surface area contributed by atoms with Gasteiger partial charge < -0.3 is 5.11 Å². The number of nitrogens with zero attached hydrogens (tertiary/aromatic N) is 2. The zero-order valence-electron chi connectivity index (χ0n) is 10.8. The average Bonchev–Trinajstić information content (AvgIpc) is 2.78. The van der Waals surface area contributed by atoms with Crippen LogP contribution in [0, 0.1) is 5.82 Å². The first kappa shape index (κ1) is 15.8. The molecule has 0 fully saturated rings. The van der Waals surface area contributed by atoms with E-state index in [1.54, 1.807) is 6.92 Å². The fourth-order valence-corrected chi connectivity index (χ4v) is 2.22. The number of hydrogen-bond donors (Lipinski definition) is 1. The Balaban J connectivity index is 2.52. The van der Waals surface area contributed by atoms with E-state index in [1.807, 2.05) is 0 Å². The van der Waals surface area contributed by atoms with Crippen molar-refractivity contribution in [2.45, 2.75) is 25.7 Å². The van der Waals surface area contributed by atoms with Gasteiger partial charge in [-0.3, -0.25) is 4.68 Å². The van der Waals surface area contributed by atoms with Crippen molar-refractivity contribution in [1.82, 2.24) is 9.78 Å². The van der Waals surface area contributed by atoms with Crippen molar-refractivity contribution in [3.63, 3.8) is 0 Å². The lowest BCUT2D eigenvalue weighted by Gasteiger charge is -2.16. The number of aryl methyl sites for hydroxylation is 1. The van der Waals surface area contributed by atoms with E-state index >= 15 is 0 Å². The first-order valence-electron chi connectivity index (χ1n) is 6.01. The summed E-state index contributed by atoms with van der Waals surface area (Å²) in [6.45, 7) is 2.04. The highest BCUT2D eigenvalue weighted by Gasteiger charge is 2.32. The third-order valence-corrected chi connectivity index (χ3v) is 3.30. The molecule has 0 aliphatic heterocycles. The summed E-state index contributed by atoms with van der Waals surface area (Å²) in [6.07, 6.45) is -5.02. The largest absolute Gasteiger partial charge is 0.416 e. The van der Waals surface area contributed by atoms with E-state index in [2.05, 4.69) is 5.10 Å². The second-order valence-electron chi connectivity index (χ2n) is 4.33. The fraction of sp³-hybridized carbons (Fsp3) is 0.308. The van der Waals surface area contributed by atoms with Crippen LogP contribution in [0.2, 0.25) is 5.02 Å². The lowest BCUT2D eigenvalue weighted by molar-refractivity contribution is -0.137. The average molecular weight is 323 g/mol. The van der Waals surface area contributed by atoms with Gasteiger partial charge in [0.05, 0.1) is 22.5 Å². The molecule has 1 unspecified atom stereocenters. The zero-order chi connectivity index (χ0) is 15.8. The van der Waals surface area contributed by atoms with E-state index in [0.29, 0.717) is 24.7 Å². The molecular formula is C13H11ClF4N2O. The molecule has 1 aromatic carbocycles. The molecule has 1 aromatic heterocycles. The molecule has 2 aromatic rings. The molecule has 0 amide bonds. The van der Waals surface area contributed by atoms with Gasteiger partial charge in [-0.2, -0.15) is 18.3 Å². The number of aliphatic hydroxyl groups is 1. The second kappa shape index (κ2) is 5.65. The summed E-state index contributed by atoms with van der Waals surface area (Å²) in [6, 6.07) is 1.86. The van der Waals surface area contributed by atoms with Crippen LogP contribution in [0.1, 0.15) is 29.8 Å². The smallest absolute Gasteiger partial charge is 0.382 e. The Labute approximate surface area is 122 Å². The fourth-order valence-electron chi connectivity index (χ4n) is 1.97. The van der Waals surface area contributed by atoms with E-state index in [1.165, 1.54) is 10.9 Å². The number of benzene rings is 1. The van der Waals surface area contributed by atoms with Crippen molar-refractivity contribution in [1.29, 1.82) is 0 Å². The van der Waals surface area contributed by atoms with E-state index in [-0.39, 0.29) is 10.7 Å². The molecule has 8 heteroatoms. The molecule has 114 valence electrons. The van der Waals surface area contributed by atoms with Gasteiger partial charge in [0.25, 0.3) is 0 Å². The predicted octanol–water partition coefficient (Wildman–Crippen LogP) is 3.80. The minimum atomic E-state index is -4.63. The second-order valence-corrected chi connectivity index (χ2v) is 4.74. The summed E-state index contributed by atoms with van der Waals surface area (Å²) in [5.74, 6) is -0.949. The first-order valence-corrected chi connectivity index (χ1v) is 6.39. The Hall–Kier alpha value is -1.60. The topological polar surface area (TPSA) is 38.0 Å². The molecular weight excluding hydrogens is 312 g/mol. The van der Waals surface area contributed by atoms with Crippen LogP contribution >= 0.6 is 11.6 Å². The third-order valence-electron chi connectivity index (χ3n) is 3.01. The van der Waals surface area contributed by atoms with Crippen LogP contribution in [0.3, 0.4) is 0 Å². The van der Waals surface area contributed by atoms with E-state index in [9.17, 15) is 22.7 Å².